The second kappa shape index (κ2) is 6.59. The molecule has 0 bridgehead atoms. The van der Waals surface area contributed by atoms with E-state index in [-0.39, 0.29) is 0 Å². The standard InChI is InChI=1S/C20H23N5O/c1-7-22-20(23-8-1)24-10-3-15(4-11-24)16-5-12-25(14-16)19-17-6-13-26-18(17)2-9-21-19/h1-2,6-9,13,15-16H,3-5,10-12,14H2. The van der Waals surface area contributed by atoms with E-state index in [9.17, 15) is 0 Å². The van der Waals surface area contributed by atoms with Gasteiger partial charge < -0.3 is 14.2 Å². The van der Waals surface area contributed by atoms with Crippen LogP contribution in [0.1, 0.15) is 19.3 Å². The Labute approximate surface area is 152 Å². The third kappa shape index (κ3) is 2.79. The second-order valence-electron chi connectivity index (χ2n) is 7.34. The van der Waals surface area contributed by atoms with E-state index in [1.807, 2.05) is 36.8 Å². The number of hydrogen-bond acceptors (Lipinski definition) is 6. The van der Waals surface area contributed by atoms with Crippen LogP contribution >= 0.6 is 0 Å². The first-order valence-electron chi connectivity index (χ1n) is 9.47. The lowest BCUT2D eigenvalue weighted by Gasteiger charge is -2.34. The van der Waals surface area contributed by atoms with Crippen molar-refractivity contribution in [2.75, 3.05) is 36.0 Å². The van der Waals surface area contributed by atoms with Crippen molar-refractivity contribution in [3.05, 3.63) is 43.1 Å². The van der Waals surface area contributed by atoms with E-state index in [4.69, 9.17) is 4.42 Å². The summed E-state index contributed by atoms with van der Waals surface area (Å²) in [5.41, 5.74) is 0.926. The van der Waals surface area contributed by atoms with Crippen molar-refractivity contribution in [2.45, 2.75) is 19.3 Å². The predicted octanol–water partition coefficient (Wildman–Crippen LogP) is 3.36. The van der Waals surface area contributed by atoms with E-state index >= 15 is 0 Å². The Balaban J connectivity index is 1.24. The van der Waals surface area contributed by atoms with E-state index in [0.29, 0.717) is 0 Å². The molecular weight excluding hydrogens is 326 g/mol. The highest BCUT2D eigenvalue weighted by molar-refractivity contribution is 5.88. The Kier molecular flexibility index (Phi) is 3.96. The zero-order valence-corrected chi connectivity index (χ0v) is 14.8. The molecule has 5 heterocycles. The number of anilines is 2. The van der Waals surface area contributed by atoms with Gasteiger partial charge in [-0.2, -0.15) is 0 Å². The first-order valence-corrected chi connectivity index (χ1v) is 9.47. The average Bonchev–Trinajstić information content (AvgIpc) is 3.38. The van der Waals surface area contributed by atoms with Crippen molar-refractivity contribution in [3.63, 3.8) is 0 Å². The Bertz CT molecular complexity index is 872. The number of pyridine rings is 1. The summed E-state index contributed by atoms with van der Waals surface area (Å²) in [5, 5.41) is 1.13. The van der Waals surface area contributed by atoms with Crippen LogP contribution in [0.4, 0.5) is 11.8 Å². The molecule has 3 aromatic rings. The Morgan fingerprint density at radius 2 is 1.62 bits per heavy atom. The van der Waals surface area contributed by atoms with Gasteiger partial charge in [0.05, 0.1) is 11.6 Å². The monoisotopic (exact) mass is 349 g/mol. The summed E-state index contributed by atoms with van der Waals surface area (Å²) in [6.45, 7) is 4.30. The van der Waals surface area contributed by atoms with Crippen molar-refractivity contribution in [1.29, 1.82) is 0 Å². The van der Waals surface area contributed by atoms with E-state index in [1.165, 1.54) is 19.3 Å². The molecule has 26 heavy (non-hydrogen) atoms. The Morgan fingerprint density at radius 1 is 0.846 bits per heavy atom. The average molecular weight is 349 g/mol. The number of aromatic nitrogens is 3. The van der Waals surface area contributed by atoms with E-state index in [2.05, 4.69) is 24.8 Å². The first-order chi connectivity index (χ1) is 12.9. The molecule has 134 valence electrons. The number of furan rings is 1. The highest BCUT2D eigenvalue weighted by Crippen LogP contribution is 2.36. The third-order valence-electron chi connectivity index (χ3n) is 5.92. The summed E-state index contributed by atoms with van der Waals surface area (Å²) in [7, 11) is 0. The zero-order valence-electron chi connectivity index (χ0n) is 14.8. The molecule has 0 spiro atoms. The van der Waals surface area contributed by atoms with Crippen LogP contribution in [0, 0.1) is 11.8 Å². The largest absolute Gasteiger partial charge is 0.464 e. The van der Waals surface area contributed by atoms with Crippen molar-refractivity contribution < 1.29 is 4.42 Å². The molecule has 1 atom stereocenters. The minimum absolute atomic E-state index is 0.748. The van der Waals surface area contributed by atoms with Crippen LogP contribution in [-0.4, -0.2) is 41.1 Å². The number of hydrogen-bond donors (Lipinski definition) is 0. The number of nitrogens with zero attached hydrogens (tertiary/aromatic N) is 5. The molecular formula is C20H23N5O. The Hall–Kier alpha value is -2.63. The molecule has 2 saturated heterocycles. The van der Waals surface area contributed by atoms with Gasteiger partial charge in [-0.15, -0.1) is 0 Å². The van der Waals surface area contributed by atoms with Gasteiger partial charge in [0.15, 0.2) is 0 Å². The normalized spacial score (nSPS) is 21.6. The molecule has 0 aliphatic carbocycles. The van der Waals surface area contributed by atoms with Gasteiger partial charge in [0, 0.05) is 44.8 Å². The van der Waals surface area contributed by atoms with Gasteiger partial charge >= 0.3 is 0 Å². The maximum absolute atomic E-state index is 5.53. The molecule has 2 fully saturated rings. The minimum atomic E-state index is 0.748. The highest BCUT2D eigenvalue weighted by Gasteiger charge is 2.33. The summed E-state index contributed by atoms with van der Waals surface area (Å²) in [6.07, 6.45) is 11.0. The quantitative estimate of drug-likeness (QED) is 0.723. The molecule has 2 aliphatic heterocycles. The fraction of sp³-hybridized carbons (Fsp3) is 0.450. The molecule has 0 N–H and O–H groups in total. The van der Waals surface area contributed by atoms with Crippen LogP contribution in [0.3, 0.4) is 0 Å². The molecule has 0 saturated carbocycles. The predicted molar refractivity (Wildman–Crippen MR) is 101 cm³/mol. The zero-order chi connectivity index (χ0) is 17.3. The number of rotatable bonds is 3. The van der Waals surface area contributed by atoms with Crippen LogP contribution < -0.4 is 9.80 Å². The van der Waals surface area contributed by atoms with Gasteiger partial charge in [0.25, 0.3) is 0 Å². The van der Waals surface area contributed by atoms with Gasteiger partial charge in [-0.05, 0) is 49.3 Å². The summed E-state index contributed by atoms with van der Waals surface area (Å²) >= 11 is 0. The topological polar surface area (TPSA) is 58.3 Å². The summed E-state index contributed by atoms with van der Waals surface area (Å²) < 4.78 is 5.53. The van der Waals surface area contributed by atoms with Crippen LogP contribution in [0.5, 0.6) is 0 Å². The van der Waals surface area contributed by atoms with Gasteiger partial charge in [0.1, 0.15) is 11.4 Å². The molecule has 1 unspecified atom stereocenters. The number of piperidine rings is 1. The fourth-order valence-corrected chi connectivity index (χ4v) is 4.52. The lowest BCUT2D eigenvalue weighted by atomic mass is 9.84. The van der Waals surface area contributed by atoms with E-state index in [1.54, 1.807) is 6.26 Å². The van der Waals surface area contributed by atoms with Gasteiger partial charge in [-0.25, -0.2) is 15.0 Å². The SMILES string of the molecule is c1cnc(N2CCC(C3CCN(c4nccc5occc45)C3)CC2)nc1. The van der Waals surface area contributed by atoms with E-state index < -0.39 is 0 Å². The summed E-state index contributed by atoms with van der Waals surface area (Å²) in [6, 6.07) is 5.84. The molecule has 0 radical (unpaired) electrons. The van der Waals surface area contributed by atoms with Gasteiger partial charge in [0.2, 0.25) is 5.95 Å². The van der Waals surface area contributed by atoms with E-state index in [0.717, 1.165) is 60.8 Å². The van der Waals surface area contributed by atoms with Crippen molar-refractivity contribution in [1.82, 2.24) is 15.0 Å². The molecule has 0 amide bonds. The smallest absolute Gasteiger partial charge is 0.225 e. The molecule has 2 aliphatic rings. The molecule has 6 heteroatoms. The maximum atomic E-state index is 5.53. The maximum Gasteiger partial charge on any atom is 0.225 e. The van der Waals surface area contributed by atoms with Crippen LogP contribution in [0.15, 0.2) is 47.5 Å². The van der Waals surface area contributed by atoms with Crippen LogP contribution in [0.2, 0.25) is 0 Å². The minimum Gasteiger partial charge on any atom is -0.464 e. The second-order valence-corrected chi connectivity index (χ2v) is 7.34. The van der Waals surface area contributed by atoms with Crippen LogP contribution in [0.25, 0.3) is 11.0 Å². The molecule has 5 rings (SSSR count). The van der Waals surface area contributed by atoms with Gasteiger partial charge in [-0.3, -0.25) is 0 Å². The van der Waals surface area contributed by atoms with Crippen molar-refractivity contribution in [3.8, 4) is 0 Å². The van der Waals surface area contributed by atoms with Gasteiger partial charge in [-0.1, -0.05) is 0 Å². The molecule has 6 nitrogen and oxygen atoms in total. The number of fused-ring (bicyclic) bond motifs is 1. The summed E-state index contributed by atoms with van der Waals surface area (Å²) in [5.74, 6) is 3.48. The molecule has 3 aromatic heterocycles. The lowest BCUT2D eigenvalue weighted by Crippen LogP contribution is -2.37. The lowest BCUT2D eigenvalue weighted by molar-refractivity contribution is 0.293. The van der Waals surface area contributed by atoms with Crippen molar-refractivity contribution >= 4 is 22.7 Å². The Morgan fingerprint density at radius 3 is 2.46 bits per heavy atom. The third-order valence-corrected chi connectivity index (χ3v) is 5.92. The fourth-order valence-electron chi connectivity index (χ4n) is 4.52. The summed E-state index contributed by atoms with van der Waals surface area (Å²) in [4.78, 5) is 18.2. The van der Waals surface area contributed by atoms with Crippen LogP contribution in [-0.2, 0) is 0 Å². The first kappa shape index (κ1) is 15.6. The van der Waals surface area contributed by atoms with Crippen molar-refractivity contribution in [2.24, 2.45) is 11.8 Å². The molecule has 0 aromatic carbocycles. The highest BCUT2D eigenvalue weighted by atomic mass is 16.3.